The van der Waals surface area contributed by atoms with Gasteiger partial charge in [-0.3, -0.25) is 14.2 Å². The molecule has 1 heterocycles. The summed E-state index contributed by atoms with van der Waals surface area (Å²) >= 11 is 5.75. The number of aliphatic carboxylic acids is 1. The van der Waals surface area contributed by atoms with E-state index in [1.165, 1.54) is 42.5 Å². The molecular formula is C20H13ClF5NO3. The SMILES string of the molecule is Cc1ccc2c(c1)c(CC(=O)O)c(C(F)(F)C(F)(F)F)n2C(=O)c1ccc(Cl)cc1. The third kappa shape index (κ3) is 3.65. The van der Waals surface area contributed by atoms with E-state index < -0.39 is 41.7 Å². The summed E-state index contributed by atoms with van der Waals surface area (Å²) in [5.74, 6) is -8.27. The van der Waals surface area contributed by atoms with Gasteiger partial charge < -0.3 is 5.11 Å². The van der Waals surface area contributed by atoms with Crippen molar-refractivity contribution in [2.75, 3.05) is 0 Å². The van der Waals surface area contributed by atoms with Crippen molar-refractivity contribution in [1.29, 1.82) is 0 Å². The third-order valence-corrected chi connectivity index (χ3v) is 4.76. The number of carboxylic acid groups (broad SMARTS) is 1. The maximum absolute atomic E-state index is 14.6. The van der Waals surface area contributed by atoms with E-state index in [2.05, 4.69) is 0 Å². The number of aryl methyl sites for hydroxylation is 1. The van der Waals surface area contributed by atoms with Crippen molar-refractivity contribution < 1.29 is 36.6 Å². The summed E-state index contributed by atoms with van der Waals surface area (Å²) in [6.45, 7) is 1.56. The molecule has 0 unspecified atom stereocenters. The summed E-state index contributed by atoms with van der Waals surface area (Å²) in [4.78, 5) is 24.3. The molecule has 30 heavy (non-hydrogen) atoms. The molecule has 158 valence electrons. The molecule has 0 saturated carbocycles. The highest BCUT2D eigenvalue weighted by Gasteiger charge is 2.62. The normalized spacial score (nSPS) is 12.4. The van der Waals surface area contributed by atoms with Gasteiger partial charge in [-0.05, 0) is 48.9 Å². The fraction of sp³-hybridized carbons (Fsp3) is 0.200. The Morgan fingerprint density at radius 3 is 2.17 bits per heavy atom. The fourth-order valence-corrected chi connectivity index (χ4v) is 3.32. The van der Waals surface area contributed by atoms with E-state index in [-0.39, 0.29) is 26.1 Å². The lowest BCUT2D eigenvalue weighted by Gasteiger charge is -2.23. The minimum Gasteiger partial charge on any atom is -0.481 e. The first-order chi connectivity index (χ1) is 13.8. The molecule has 0 radical (unpaired) electrons. The monoisotopic (exact) mass is 445 g/mol. The zero-order valence-corrected chi connectivity index (χ0v) is 16.0. The second-order valence-corrected chi connectivity index (χ2v) is 7.07. The van der Waals surface area contributed by atoms with Crippen LogP contribution in [-0.2, 0) is 17.1 Å². The maximum atomic E-state index is 14.6. The highest BCUT2D eigenvalue weighted by Crippen LogP contribution is 2.48. The molecule has 0 bridgehead atoms. The highest BCUT2D eigenvalue weighted by atomic mass is 35.5. The number of carbonyl (C=O) groups excluding carboxylic acids is 1. The number of fused-ring (bicyclic) bond motifs is 1. The molecule has 3 aromatic rings. The van der Waals surface area contributed by atoms with Crippen LogP contribution < -0.4 is 0 Å². The quantitative estimate of drug-likeness (QED) is 0.534. The topological polar surface area (TPSA) is 59.3 Å². The van der Waals surface area contributed by atoms with Gasteiger partial charge in [-0.2, -0.15) is 22.0 Å². The van der Waals surface area contributed by atoms with Crippen molar-refractivity contribution in [2.45, 2.75) is 25.4 Å². The first kappa shape index (κ1) is 21.8. The van der Waals surface area contributed by atoms with Gasteiger partial charge in [-0.15, -0.1) is 0 Å². The molecule has 10 heteroatoms. The van der Waals surface area contributed by atoms with Crippen LogP contribution in [0.1, 0.15) is 27.2 Å². The fourth-order valence-electron chi connectivity index (χ4n) is 3.20. The van der Waals surface area contributed by atoms with Crippen molar-refractivity contribution in [3.63, 3.8) is 0 Å². The van der Waals surface area contributed by atoms with Crippen LogP contribution in [0.25, 0.3) is 10.9 Å². The average Bonchev–Trinajstić information content (AvgIpc) is 2.94. The lowest BCUT2D eigenvalue weighted by atomic mass is 10.0. The van der Waals surface area contributed by atoms with Crippen molar-refractivity contribution in [3.8, 4) is 0 Å². The predicted octanol–water partition coefficient (Wildman–Crippen LogP) is 5.57. The van der Waals surface area contributed by atoms with Crippen LogP contribution in [0.3, 0.4) is 0 Å². The van der Waals surface area contributed by atoms with Crippen LogP contribution in [0, 0.1) is 6.92 Å². The van der Waals surface area contributed by atoms with E-state index in [1.54, 1.807) is 6.92 Å². The summed E-state index contributed by atoms with van der Waals surface area (Å²) in [6.07, 6.45) is -7.18. The average molecular weight is 446 g/mol. The Labute approximate surface area is 171 Å². The van der Waals surface area contributed by atoms with Crippen LogP contribution in [-0.4, -0.2) is 27.7 Å². The molecule has 1 aromatic heterocycles. The number of hydrogen-bond donors (Lipinski definition) is 1. The molecule has 0 atom stereocenters. The molecule has 1 N–H and O–H groups in total. The Bertz CT molecular complexity index is 1150. The van der Waals surface area contributed by atoms with E-state index in [9.17, 15) is 31.5 Å². The summed E-state index contributed by atoms with van der Waals surface area (Å²) in [5.41, 5.74) is -2.44. The number of hydrogen-bond acceptors (Lipinski definition) is 2. The Hall–Kier alpha value is -2.94. The van der Waals surface area contributed by atoms with Crippen molar-refractivity contribution in [3.05, 3.63) is 69.9 Å². The highest BCUT2D eigenvalue weighted by molar-refractivity contribution is 6.30. The lowest BCUT2D eigenvalue weighted by Crippen LogP contribution is -2.38. The Morgan fingerprint density at radius 2 is 1.63 bits per heavy atom. The summed E-state index contributed by atoms with van der Waals surface area (Å²) < 4.78 is 69.4. The van der Waals surface area contributed by atoms with E-state index in [1.807, 2.05) is 0 Å². The van der Waals surface area contributed by atoms with Gasteiger partial charge in [0.15, 0.2) is 0 Å². The Morgan fingerprint density at radius 1 is 1.03 bits per heavy atom. The van der Waals surface area contributed by atoms with Crippen LogP contribution in [0.15, 0.2) is 42.5 Å². The first-order valence-corrected chi connectivity index (χ1v) is 8.83. The molecule has 2 aromatic carbocycles. The van der Waals surface area contributed by atoms with Gasteiger partial charge >= 0.3 is 18.1 Å². The Balaban J connectivity index is 2.45. The van der Waals surface area contributed by atoms with Crippen molar-refractivity contribution in [1.82, 2.24) is 4.57 Å². The van der Waals surface area contributed by atoms with Crippen LogP contribution >= 0.6 is 11.6 Å². The molecule has 0 aliphatic carbocycles. The predicted molar refractivity (Wildman–Crippen MR) is 99.1 cm³/mol. The number of carboxylic acids is 1. The van der Waals surface area contributed by atoms with Gasteiger partial charge in [0.25, 0.3) is 5.91 Å². The molecule has 3 rings (SSSR count). The number of carbonyl (C=O) groups is 2. The number of rotatable bonds is 4. The second kappa shape index (κ2) is 7.39. The Kier molecular flexibility index (Phi) is 5.36. The summed E-state index contributed by atoms with van der Waals surface area (Å²) in [6, 6.07) is 8.83. The molecule has 0 saturated heterocycles. The minimum atomic E-state index is -6.05. The molecule has 4 nitrogen and oxygen atoms in total. The summed E-state index contributed by atoms with van der Waals surface area (Å²) in [7, 11) is 0. The van der Waals surface area contributed by atoms with Crippen LogP contribution in [0.4, 0.5) is 22.0 Å². The molecule has 0 fully saturated rings. The molecule has 0 amide bonds. The number of aromatic nitrogens is 1. The van der Waals surface area contributed by atoms with Gasteiger partial charge in [0.05, 0.1) is 11.9 Å². The smallest absolute Gasteiger partial charge is 0.459 e. The maximum Gasteiger partial charge on any atom is 0.459 e. The van der Waals surface area contributed by atoms with Gasteiger partial charge in [-0.25, -0.2) is 0 Å². The second-order valence-electron chi connectivity index (χ2n) is 6.64. The van der Waals surface area contributed by atoms with E-state index in [4.69, 9.17) is 16.7 Å². The number of benzene rings is 2. The zero-order chi connectivity index (χ0) is 22.4. The molecule has 0 aliphatic heterocycles. The standard InChI is InChI=1S/C20H13ClF5NO3/c1-10-2-7-15-13(8-10)14(9-16(28)29)17(19(22,23)20(24,25)26)27(15)18(30)11-3-5-12(21)6-4-11/h2-8H,9H2,1H3,(H,28,29). The minimum absolute atomic E-state index is 0.168. The zero-order valence-electron chi connectivity index (χ0n) is 15.2. The molecular weight excluding hydrogens is 433 g/mol. The number of nitrogens with zero attached hydrogens (tertiary/aromatic N) is 1. The number of alkyl halides is 5. The van der Waals surface area contributed by atoms with Gasteiger partial charge in [0.1, 0.15) is 5.69 Å². The largest absolute Gasteiger partial charge is 0.481 e. The number of halogens is 6. The van der Waals surface area contributed by atoms with Crippen molar-refractivity contribution in [2.24, 2.45) is 0 Å². The van der Waals surface area contributed by atoms with Crippen LogP contribution in [0.5, 0.6) is 0 Å². The van der Waals surface area contributed by atoms with E-state index in [0.717, 1.165) is 0 Å². The van der Waals surface area contributed by atoms with Gasteiger partial charge in [0.2, 0.25) is 0 Å². The van der Waals surface area contributed by atoms with Crippen LogP contribution in [0.2, 0.25) is 5.02 Å². The van der Waals surface area contributed by atoms with E-state index in [0.29, 0.717) is 5.56 Å². The lowest BCUT2D eigenvalue weighted by molar-refractivity contribution is -0.291. The third-order valence-electron chi connectivity index (χ3n) is 4.50. The summed E-state index contributed by atoms with van der Waals surface area (Å²) in [5, 5.41) is 9.21. The van der Waals surface area contributed by atoms with Crippen molar-refractivity contribution >= 4 is 34.4 Å². The van der Waals surface area contributed by atoms with E-state index >= 15 is 0 Å². The molecule has 0 aliphatic rings. The van der Waals surface area contributed by atoms with Gasteiger partial charge in [0, 0.05) is 16.0 Å². The molecule has 0 spiro atoms. The van der Waals surface area contributed by atoms with Gasteiger partial charge in [-0.1, -0.05) is 23.2 Å². The first-order valence-electron chi connectivity index (χ1n) is 8.45.